The summed E-state index contributed by atoms with van der Waals surface area (Å²) < 4.78 is 0. The van der Waals surface area contributed by atoms with E-state index in [1.807, 2.05) is 6.08 Å². The van der Waals surface area contributed by atoms with Gasteiger partial charge in [-0.25, -0.2) is 0 Å². The fourth-order valence-corrected chi connectivity index (χ4v) is 6.02. The second kappa shape index (κ2) is 6.24. The molecule has 3 saturated carbocycles. The van der Waals surface area contributed by atoms with Gasteiger partial charge >= 0.3 is 0 Å². The monoisotopic (exact) mass is 336 g/mol. The van der Waals surface area contributed by atoms with Crippen LogP contribution in [0.5, 0.6) is 0 Å². The Labute approximate surface area is 144 Å². The molecule has 3 aliphatic carbocycles. The molecule has 8 unspecified atom stereocenters. The maximum absolute atomic E-state index is 10.7. The Morgan fingerprint density at radius 2 is 2.00 bits per heavy atom. The van der Waals surface area contributed by atoms with E-state index in [2.05, 4.69) is 13.8 Å². The summed E-state index contributed by atoms with van der Waals surface area (Å²) in [5, 5.41) is 39.6. The van der Waals surface area contributed by atoms with Gasteiger partial charge < -0.3 is 20.4 Å². The highest BCUT2D eigenvalue weighted by atomic mass is 16.3. The van der Waals surface area contributed by atoms with E-state index >= 15 is 0 Å². The summed E-state index contributed by atoms with van der Waals surface area (Å²) in [6, 6.07) is 0. The largest absolute Gasteiger partial charge is 0.393 e. The van der Waals surface area contributed by atoms with Crippen molar-refractivity contribution in [3.8, 4) is 0 Å². The first-order valence-electron chi connectivity index (χ1n) is 9.26. The van der Waals surface area contributed by atoms with E-state index in [0.29, 0.717) is 23.7 Å². The number of hydrogen-bond donors (Lipinski definition) is 4. The van der Waals surface area contributed by atoms with E-state index < -0.39 is 5.60 Å². The van der Waals surface area contributed by atoms with Crippen LogP contribution in [0.1, 0.15) is 40.0 Å². The molecule has 136 valence electrons. The van der Waals surface area contributed by atoms with Crippen molar-refractivity contribution >= 4 is 0 Å². The summed E-state index contributed by atoms with van der Waals surface area (Å²) in [6.07, 6.45) is 8.03. The average molecular weight is 336 g/mol. The lowest BCUT2D eigenvalue weighted by Gasteiger charge is -2.58. The minimum Gasteiger partial charge on any atom is -0.393 e. The maximum Gasteiger partial charge on any atom is 0.103 e. The maximum atomic E-state index is 10.7. The van der Waals surface area contributed by atoms with Gasteiger partial charge in [0.05, 0.1) is 19.3 Å². The third-order valence-electron chi connectivity index (χ3n) is 7.36. The third kappa shape index (κ3) is 2.59. The molecule has 24 heavy (non-hydrogen) atoms. The molecular formula is C20H32O4. The Balaban J connectivity index is 1.83. The molecule has 0 spiro atoms. The van der Waals surface area contributed by atoms with Crippen molar-refractivity contribution in [3.63, 3.8) is 0 Å². The molecule has 0 aromatic heterocycles. The second-order valence-corrected chi connectivity index (χ2v) is 8.76. The Kier molecular flexibility index (Phi) is 4.71. The first-order valence-corrected chi connectivity index (χ1v) is 9.26. The van der Waals surface area contributed by atoms with Crippen molar-refractivity contribution in [1.29, 1.82) is 0 Å². The topological polar surface area (TPSA) is 80.9 Å². The van der Waals surface area contributed by atoms with Crippen molar-refractivity contribution in [2.75, 3.05) is 13.2 Å². The lowest BCUT2D eigenvalue weighted by Crippen LogP contribution is -2.57. The molecule has 4 N–H and O–H groups in total. The summed E-state index contributed by atoms with van der Waals surface area (Å²) in [5.74, 6) is 2.65. The number of hydrogen-bond acceptors (Lipinski definition) is 4. The molecule has 0 aromatic rings. The molecule has 0 radical (unpaired) electrons. The van der Waals surface area contributed by atoms with Crippen molar-refractivity contribution < 1.29 is 20.4 Å². The number of allylic oxidation sites excluding steroid dienone is 2. The van der Waals surface area contributed by atoms with Crippen LogP contribution in [-0.2, 0) is 0 Å². The smallest absolute Gasteiger partial charge is 0.103 e. The van der Waals surface area contributed by atoms with E-state index in [0.717, 1.165) is 12.0 Å². The Hall–Kier alpha value is -0.680. The minimum atomic E-state index is -1.25. The van der Waals surface area contributed by atoms with Gasteiger partial charge in [0.15, 0.2) is 0 Å². The van der Waals surface area contributed by atoms with Crippen LogP contribution < -0.4 is 0 Å². The molecule has 0 bridgehead atoms. The molecular weight excluding hydrogens is 304 g/mol. The van der Waals surface area contributed by atoms with Gasteiger partial charge in [-0.2, -0.15) is 0 Å². The molecule has 0 aromatic carbocycles. The zero-order chi connectivity index (χ0) is 17.7. The van der Waals surface area contributed by atoms with Crippen molar-refractivity contribution in [2.45, 2.75) is 51.7 Å². The van der Waals surface area contributed by atoms with E-state index in [4.69, 9.17) is 5.11 Å². The number of aliphatic hydroxyl groups is 4. The van der Waals surface area contributed by atoms with Crippen LogP contribution in [0.2, 0.25) is 0 Å². The molecule has 0 amide bonds. The van der Waals surface area contributed by atoms with Crippen LogP contribution in [0, 0.1) is 35.0 Å². The van der Waals surface area contributed by atoms with Crippen LogP contribution in [0.15, 0.2) is 23.8 Å². The third-order valence-corrected chi connectivity index (χ3v) is 7.36. The van der Waals surface area contributed by atoms with E-state index in [-0.39, 0.29) is 30.7 Å². The summed E-state index contributed by atoms with van der Waals surface area (Å²) in [4.78, 5) is 0. The Morgan fingerprint density at radius 1 is 1.29 bits per heavy atom. The molecule has 4 heteroatoms. The average Bonchev–Trinajstić information content (AvgIpc) is 2.97. The fourth-order valence-electron chi connectivity index (χ4n) is 6.02. The quantitative estimate of drug-likeness (QED) is 0.578. The second-order valence-electron chi connectivity index (χ2n) is 8.76. The standard InChI is InChI=1S/C20H32O4/c1-12-6-7-15-17(12)18-14(9-16(23)20(15,18)3)13(10-21)5-4-8-19(2,24)11-22/h4-5,8,12,14-18,21-24H,6-7,9-11H2,1-3H3. The van der Waals surface area contributed by atoms with Gasteiger partial charge in [0.25, 0.3) is 0 Å². The highest BCUT2D eigenvalue weighted by Crippen LogP contribution is 2.73. The Morgan fingerprint density at radius 3 is 2.62 bits per heavy atom. The van der Waals surface area contributed by atoms with Crippen LogP contribution in [0.4, 0.5) is 0 Å². The minimum absolute atomic E-state index is 0.00530. The van der Waals surface area contributed by atoms with Crippen LogP contribution in [-0.4, -0.2) is 45.3 Å². The highest BCUT2D eigenvalue weighted by Gasteiger charge is 2.70. The van der Waals surface area contributed by atoms with Crippen LogP contribution >= 0.6 is 0 Å². The van der Waals surface area contributed by atoms with Crippen LogP contribution in [0.25, 0.3) is 0 Å². The number of rotatable bonds is 5. The number of fused-ring (bicyclic) bond motifs is 4. The van der Waals surface area contributed by atoms with Gasteiger partial charge in [0, 0.05) is 5.41 Å². The van der Waals surface area contributed by atoms with Crippen molar-refractivity contribution in [3.05, 3.63) is 23.8 Å². The first kappa shape index (κ1) is 18.1. The van der Waals surface area contributed by atoms with Crippen molar-refractivity contribution in [2.24, 2.45) is 35.0 Å². The molecule has 3 aliphatic rings. The van der Waals surface area contributed by atoms with Gasteiger partial charge in [-0.15, -0.1) is 0 Å². The molecule has 3 fully saturated rings. The van der Waals surface area contributed by atoms with E-state index in [1.54, 1.807) is 19.1 Å². The summed E-state index contributed by atoms with van der Waals surface area (Å²) in [5.41, 5.74) is -0.318. The predicted molar refractivity (Wildman–Crippen MR) is 93.1 cm³/mol. The predicted octanol–water partition coefficient (Wildman–Crippen LogP) is 1.88. The van der Waals surface area contributed by atoms with E-state index in [9.17, 15) is 15.3 Å². The molecule has 8 atom stereocenters. The van der Waals surface area contributed by atoms with Gasteiger partial charge in [-0.3, -0.25) is 0 Å². The molecule has 4 nitrogen and oxygen atoms in total. The summed E-state index contributed by atoms with van der Waals surface area (Å²) in [6.45, 7) is 5.75. The Bertz CT molecular complexity index is 538. The molecule has 0 heterocycles. The SMILES string of the molecule is CC1CCC2C1C1C(C(=CC=CC(C)(O)CO)CO)CC(O)C21C. The molecule has 0 saturated heterocycles. The van der Waals surface area contributed by atoms with Gasteiger partial charge in [0.1, 0.15) is 5.60 Å². The van der Waals surface area contributed by atoms with Gasteiger partial charge in [-0.1, -0.05) is 38.5 Å². The normalized spacial score (nSPS) is 47.4. The summed E-state index contributed by atoms with van der Waals surface area (Å²) >= 11 is 0. The first-order chi connectivity index (χ1) is 11.3. The summed E-state index contributed by atoms with van der Waals surface area (Å²) in [7, 11) is 0. The zero-order valence-corrected chi connectivity index (χ0v) is 15.0. The number of aliphatic hydroxyl groups excluding tert-OH is 3. The lowest BCUT2D eigenvalue weighted by atomic mass is 9.46. The lowest BCUT2D eigenvalue weighted by molar-refractivity contribution is -0.143. The molecule has 3 rings (SSSR count). The molecule has 0 aliphatic heterocycles. The van der Waals surface area contributed by atoms with Crippen molar-refractivity contribution in [1.82, 2.24) is 0 Å². The zero-order valence-electron chi connectivity index (χ0n) is 15.0. The van der Waals surface area contributed by atoms with E-state index in [1.165, 1.54) is 12.8 Å². The van der Waals surface area contributed by atoms with Crippen LogP contribution in [0.3, 0.4) is 0 Å². The van der Waals surface area contributed by atoms with Gasteiger partial charge in [-0.05, 0) is 54.9 Å². The highest BCUT2D eigenvalue weighted by molar-refractivity contribution is 5.27. The van der Waals surface area contributed by atoms with Gasteiger partial charge in [0.2, 0.25) is 0 Å². The fraction of sp³-hybridized carbons (Fsp3) is 0.800.